The molecule has 0 radical (unpaired) electrons. The van der Waals surface area contributed by atoms with E-state index in [1.807, 2.05) is 0 Å². The van der Waals surface area contributed by atoms with Gasteiger partial charge < -0.3 is 14.3 Å². The molecule has 5 nitrogen and oxygen atoms in total. The van der Waals surface area contributed by atoms with Crippen molar-refractivity contribution in [2.45, 2.75) is 25.5 Å². The predicted molar refractivity (Wildman–Crippen MR) is 60.6 cm³/mol. The van der Waals surface area contributed by atoms with E-state index in [2.05, 4.69) is 9.64 Å². The first kappa shape index (κ1) is 12.1. The molecule has 1 N–H and O–H groups in total. The number of piperidine rings is 1. The van der Waals surface area contributed by atoms with Gasteiger partial charge in [0.2, 0.25) is 5.76 Å². The normalized spacial score (nSPS) is 21.4. The average molecular weight is 239 g/mol. The second-order valence-electron chi connectivity index (χ2n) is 4.30. The van der Waals surface area contributed by atoms with Gasteiger partial charge in [0.15, 0.2) is 0 Å². The monoisotopic (exact) mass is 239 g/mol. The van der Waals surface area contributed by atoms with Crippen LogP contribution >= 0.6 is 0 Å². The maximum Gasteiger partial charge on any atom is 0.374 e. The third kappa shape index (κ3) is 2.87. The summed E-state index contributed by atoms with van der Waals surface area (Å²) in [6.07, 6.45) is 3.05. The summed E-state index contributed by atoms with van der Waals surface area (Å²) in [5, 5.41) is 9.58. The number of likely N-dealkylation sites (tertiary alicyclic amines) is 1. The molecular weight excluding hydrogens is 222 g/mol. The maximum absolute atomic E-state index is 11.4. The van der Waals surface area contributed by atoms with Gasteiger partial charge in [0, 0.05) is 18.7 Å². The number of hydrogen-bond acceptors (Lipinski definition) is 5. The van der Waals surface area contributed by atoms with Crippen LogP contribution in [0.1, 0.15) is 29.0 Å². The number of ether oxygens (including phenoxy) is 1. The van der Waals surface area contributed by atoms with Crippen molar-refractivity contribution >= 4 is 5.97 Å². The SMILES string of the molecule is COC(=O)c1occc1CN1CCC[C@H](O)C1. The van der Waals surface area contributed by atoms with E-state index in [-0.39, 0.29) is 11.9 Å². The van der Waals surface area contributed by atoms with Crippen LogP contribution in [0.3, 0.4) is 0 Å². The van der Waals surface area contributed by atoms with E-state index in [4.69, 9.17) is 4.42 Å². The van der Waals surface area contributed by atoms with Gasteiger partial charge in [-0.05, 0) is 25.5 Å². The molecule has 94 valence electrons. The third-order valence-electron chi connectivity index (χ3n) is 2.99. The van der Waals surface area contributed by atoms with Gasteiger partial charge in [-0.2, -0.15) is 0 Å². The number of hydrogen-bond donors (Lipinski definition) is 1. The Hall–Kier alpha value is -1.33. The number of furan rings is 1. The van der Waals surface area contributed by atoms with Crippen LogP contribution in [0.15, 0.2) is 16.7 Å². The largest absolute Gasteiger partial charge is 0.463 e. The lowest BCUT2D eigenvalue weighted by atomic mass is 10.1. The number of esters is 1. The Kier molecular flexibility index (Phi) is 3.81. The molecule has 0 bridgehead atoms. The molecule has 1 fully saturated rings. The highest BCUT2D eigenvalue weighted by Crippen LogP contribution is 2.17. The molecular formula is C12H17NO4. The van der Waals surface area contributed by atoms with Crippen LogP contribution in [0.5, 0.6) is 0 Å². The average Bonchev–Trinajstić information content (AvgIpc) is 2.76. The molecule has 2 rings (SSSR count). The molecule has 1 saturated heterocycles. The van der Waals surface area contributed by atoms with Crippen molar-refractivity contribution in [3.05, 3.63) is 23.7 Å². The number of carbonyl (C=O) groups excluding carboxylic acids is 1. The minimum Gasteiger partial charge on any atom is -0.463 e. The zero-order chi connectivity index (χ0) is 12.3. The summed E-state index contributed by atoms with van der Waals surface area (Å²) in [4.78, 5) is 13.5. The van der Waals surface area contributed by atoms with Crippen molar-refractivity contribution in [3.63, 3.8) is 0 Å². The van der Waals surface area contributed by atoms with Crippen LogP contribution < -0.4 is 0 Å². The number of methoxy groups -OCH3 is 1. The summed E-state index contributed by atoms with van der Waals surface area (Å²) >= 11 is 0. The maximum atomic E-state index is 11.4. The lowest BCUT2D eigenvalue weighted by molar-refractivity contribution is 0.0551. The number of nitrogens with zero attached hydrogens (tertiary/aromatic N) is 1. The van der Waals surface area contributed by atoms with Crippen LogP contribution in [0, 0.1) is 0 Å². The van der Waals surface area contributed by atoms with Crippen molar-refractivity contribution in [1.82, 2.24) is 4.90 Å². The lowest BCUT2D eigenvalue weighted by Crippen LogP contribution is -2.37. The van der Waals surface area contributed by atoms with E-state index in [1.54, 1.807) is 6.07 Å². The first-order valence-corrected chi connectivity index (χ1v) is 5.76. The van der Waals surface area contributed by atoms with Crippen molar-refractivity contribution < 1.29 is 19.1 Å². The van der Waals surface area contributed by atoms with Gasteiger partial charge in [-0.3, -0.25) is 4.90 Å². The Balaban J connectivity index is 2.03. The highest BCUT2D eigenvalue weighted by atomic mass is 16.5. The van der Waals surface area contributed by atoms with E-state index in [0.29, 0.717) is 13.1 Å². The van der Waals surface area contributed by atoms with Crippen LogP contribution in [0.4, 0.5) is 0 Å². The van der Waals surface area contributed by atoms with Crippen molar-refractivity contribution in [2.75, 3.05) is 20.2 Å². The molecule has 1 aromatic rings. The second kappa shape index (κ2) is 5.33. The molecule has 0 amide bonds. The Labute approximate surface area is 100.0 Å². The van der Waals surface area contributed by atoms with Crippen LogP contribution in [-0.4, -0.2) is 42.3 Å². The number of carbonyl (C=O) groups is 1. The molecule has 17 heavy (non-hydrogen) atoms. The zero-order valence-corrected chi connectivity index (χ0v) is 9.89. The molecule has 1 aromatic heterocycles. The summed E-state index contributed by atoms with van der Waals surface area (Å²) in [6.45, 7) is 2.19. The van der Waals surface area contributed by atoms with E-state index in [0.717, 1.165) is 24.9 Å². The minimum atomic E-state index is -0.456. The van der Waals surface area contributed by atoms with Gasteiger partial charge in [0.1, 0.15) is 0 Å². The molecule has 0 saturated carbocycles. The summed E-state index contributed by atoms with van der Waals surface area (Å²) in [5.41, 5.74) is 0.811. The zero-order valence-electron chi connectivity index (χ0n) is 9.89. The molecule has 0 aromatic carbocycles. The van der Waals surface area contributed by atoms with E-state index < -0.39 is 5.97 Å². The second-order valence-corrected chi connectivity index (χ2v) is 4.30. The van der Waals surface area contributed by atoms with Gasteiger partial charge in [-0.15, -0.1) is 0 Å². The number of rotatable bonds is 3. The fourth-order valence-corrected chi connectivity index (χ4v) is 2.15. The molecule has 0 spiro atoms. The standard InChI is InChI=1S/C12H17NO4/c1-16-12(15)11-9(4-6-17-11)7-13-5-2-3-10(14)8-13/h4,6,10,14H,2-3,5,7-8H2,1H3/t10-/m0/s1. The molecule has 0 unspecified atom stereocenters. The van der Waals surface area contributed by atoms with Crippen LogP contribution in [0.2, 0.25) is 0 Å². The molecule has 1 aliphatic rings. The topological polar surface area (TPSA) is 62.9 Å². The highest BCUT2D eigenvalue weighted by molar-refractivity contribution is 5.87. The Morgan fingerprint density at radius 2 is 2.53 bits per heavy atom. The minimum absolute atomic E-state index is 0.257. The summed E-state index contributed by atoms with van der Waals surface area (Å²) in [7, 11) is 1.33. The van der Waals surface area contributed by atoms with Gasteiger partial charge in [0.25, 0.3) is 0 Å². The molecule has 0 aliphatic carbocycles. The lowest BCUT2D eigenvalue weighted by Gasteiger charge is -2.29. The third-order valence-corrected chi connectivity index (χ3v) is 2.99. The quantitative estimate of drug-likeness (QED) is 0.798. The number of aliphatic hydroxyl groups is 1. The van der Waals surface area contributed by atoms with E-state index >= 15 is 0 Å². The van der Waals surface area contributed by atoms with Crippen molar-refractivity contribution in [3.8, 4) is 0 Å². The van der Waals surface area contributed by atoms with Gasteiger partial charge in [0.05, 0.1) is 19.5 Å². The van der Waals surface area contributed by atoms with Gasteiger partial charge in [-0.25, -0.2) is 4.79 Å². The van der Waals surface area contributed by atoms with E-state index in [1.165, 1.54) is 13.4 Å². The smallest absolute Gasteiger partial charge is 0.374 e. The number of β-amino-alcohol motifs (C(OH)–C–C–N with tert-alkyl or cyclic N) is 1. The molecule has 1 atom stereocenters. The van der Waals surface area contributed by atoms with Gasteiger partial charge in [-0.1, -0.05) is 0 Å². The van der Waals surface area contributed by atoms with Crippen LogP contribution in [0.25, 0.3) is 0 Å². The highest BCUT2D eigenvalue weighted by Gasteiger charge is 2.22. The molecule has 5 heteroatoms. The van der Waals surface area contributed by atoms with Gasteiger partial charge >= 0.3 is 5.97 Å². The molecule has 1 aliphatic heterocycles. The molecule has 2 heterocycles. The summed E-state index contributed by atoms with van der Waals surface area (Å²) in [5.74, 6) is -0.199. The Bertz CT molecular complexity index is 388. The van der Waals surface area contributed by atoms with Crippen molar-refractivity contribution in [2.24, 2.45) is 0 Å². The fourth-order valence-electron chi connectivity index (χ4n) is 2.15. The first-order chi connectivity index (χ1) is 8.20. The Morgan fingerprint density at radius 3 is 3.24 bits per heavy atom. The van der Waals surface area contributed by atoms with Crippen molar-refractivity contribution in [1.29, 1.82) is 0 Å². The fraction of sp³-hybridized carbons (Fsp3) is 0.583. The predicted octanol–water partition coefficient (Wildman–Crippen LogP) is 1.02. The summed E-state index contributed by atoms with van der Waals surface area (Å²) in [6, 6.07) is 1.77. The van der Waals surface area contributed by atoms with E-state index in [9.17, 15) is 9.90 Å². The summed E-state index contributed by atoms with van der Waals surface area (Å²) < 4.78 is 9.77. The first-order valence-electron chi connectivity index (χ1n) is 5.76. The number of aliphatic hydroxyl groups excluding tert-OH is 1. The Morgan fingerprint density at radius 1 is 1.71 bits per heavy atom. The van der Waals surface area contributed by atoms with Crippen LogP contribution in [-0.2, 0) is 11.3 Å².